The Balaban J connectivity index is 4.79. The molecule has 0 aliphatic carbocycles. The van der Waals surface area contributed by atoms with Crippen molar-refractivity contribution < 1.29 is 29.4 Å². The Morgan fingerprint density at radius 3 is 2.08 bits per heavy atom. The van der Waals surface area contributed by atoms with Crippen molar-refractivity contribution in [1.82, 2.24) is 10.6 Å². The van der Waals surface area contributed by atoms with Crippen LogP contribution in [0.2, 0.25) is 0 Å². The average molecular weight is 392 g/mol. The highest BCUT2D eigenvalue weighted by molar-refractivity contribution is 7.80. The molecule has 13 heteroatoms. The fraction of sp³-hybridized carbons (Fsp3) is 0.615. The summed E-state index contributed by atoms with van der Waals surface area (Å²) in [6.45, 7) is 0.255. The topological polar surface area (TPSA) is 223 Å². The van der Waals surface area contributed by atoms with Gasteiger partial charge in [0, 0.05) is 12.3 Å². The zero-order chi connectivity index (χ0) is 20.3. The normalized spacial score (nSPS) is 13.8. The van der Waals surface area contributed by atoms with Crippen LogP contribution in [-0.4, -0.2) is 70.3 Å². The van der Waals surface area contributed by atoms with E-state index < -0.39 is 48.3 Å². The van der Waals surface area contributed by atoms with Gasteiger partial charge < -0.3 is 38.0 Å². The van der Waals surface area contributed by atoms with Crippen molar-refractivity contribution in [1.29, 1.82) is 0 Å². The number of carbonyl (C=O) groups is 4. The van der Waals surface area contributed by atoms with E-state index in [-0.39, 0.29) is 24.7 Å². The number of nitrogens with two attached hydrogens (primary N) is 3. The number of guanidine groups is 1. The first kappa shape index (κ1) is 23.5. The summed E-state index contributed by atoms with van der Waals surface area (Å²) in [5, 5.41) is 22.1. The van der Waals surface area contributed by atoms with Crippen molar-refractivity contribution in [3.63, 3.8) is 0 Å². The fourth-order valence-corrected chi connectivity index (χ4v) is 2.02. The van der Waals surface area contributed by atoms with Gasteiger partial charge in [-0.3, -0.25) is 19.4 Å². The Hall–Kier alpha value is -2.54. The predicted octanol–water partition coefficient (Wildman–Crippen LogP) is -3.17. The number of nitrogens with zero attached hydrogens (tertiary/aromatic N) is 1. The molecule has 0 rings (SSSR count). The van der Waals surface area contributed by atoms with Crippen LogP contribution in [0.25, 0.3) is 0 Å². The van der Waals surface area contributed by atoms with Crippen LogP contribution in [0.3, 0.4) is 0 Å². The molecule has 12 nitrogen and oxygen atoms in total. The molecule has 26 heavy (non-hydrogen) atoms. The molecule has 3 unspecified atom stereocenters. The Morgan fingerprint density at radius 2 is 1.62 bits per heavy atom. The highest BCUT2D eigenvalue weighted by Gasteiger charge is 2.29. The molecule has 148 valence electrons. The minimum absolute atomic E-state index is 0.0987. The van der Waals surface area contributed by atoms with Crippen molar-refractivity contribution in [2.45, 2.75) is 37.4 Å². The van der Waals surface area contributed by atoms with Crippen LogP contribution in [0.4, 0.5) is 0 Å². The monoisotopic (exact) mass is 392 g/mol. The van der Waals surface area contributed by atoms with E-state index in [1.165, 1.54) is 0 Å². The van der Waals surface area contributed by atoms with E-state index in [4.69, 9.17) is 27.4 Å². The SMILES string of the molecule is NC(N)=NCCCC(N)C(=O)NC(CC(=O)O)C(=O)NC(CS)C(=O)O. The molecule has 0 aliphatic rings. The quantitative estimate of drug-likeness (QED) is 0.0724. The van der Waals surface area contributed by atoms with E-state index in [2.05, 4.69) is 28.3 Å². The lowest BCUT2D eigenvalue weighted by Crippen LogP contribution is -2.55. The van der Waals surface area contributed by atoms with Crippen LogP contribution in [0.1, 0.15) is 19.3 Å². The van der Waals surface area contributed by atoms with E-state index in [1.807, 2.05) is 0 Å². The van der Waals surface area contributed by atoms with Gasteiger partial charge in [0.1, 0.15) is 12.1 Å². The molecule has 0 heterocycles. The first-order valence-electron chi connectivity index (χ1n) is 7.55. The van der Waals surface area contributed by atoms with E-state index in [0.29, 0.717) is 6.42 Å². The number of aliphatic imine (C=N–C) groups is 1. The largest absolute Gasteiger partial charge is 0.481 e. The highest BCUT2D eigenvalue weighted by atomic mass is 32.1. The fourth-order valence-electron chi connectivity index (χ4n) is 1.77. The summed E-state index contributed by atoms with van der Waals surface area (Å²) in [6.07, 6.45) is -0.154. The van der Waals surface area contributed by atoms with Crippen LogP contribution in [0.5, 0.6) is 0 Å². The number of rotatable bonds is 12. The van der Waals surface area contributed by atoms with Gasteiger partial charge in [-0.05, 0) is 12.8 Å². The summed E-state index contributed by atoms with van der Waals surface area (Å²) in [7, 11) is 0. The lowest BCUT2D eigenvalue weighted by molar-refractivity contribution is -0.143. The number of hydrogen-bond acceptors (Lipinski definition) is 7. The molecule has 3 atom stereocenters. The summed E-state index contributed by atoms with van der Waals surface area (Å²) in [5.74, 6) is -4.73. The van der Waals surface area contributed by atoms with Gasteiger partial charge >= 0.3 is 11.9 Å². The maximum absolute atomic E-state index is 12.1. The van der Waals surface area contributed by atoms with Crippen molar-refractivity contribution in [2.24, 2.45) is 22.2 Å². The summed E-state index contributed by atoms with van der Waals surface area (Å²) in [4.78, 5) is 49.6. The predicted molar refractivity (Wildman–Crippen MR) is 95.5 cm³/mol. The summed E-state index contributed by atoms with van der Waals surface area (Å²) in [5.41, 5.74) is 16.0. The zero-order valence-electron chi connectivity index (χ0n) is 13.9. The molecule has 0 aliphatic heterocycles. The zero-order valence-corrected chi connectivity index (χ0v) is 14.8. The van der Waals surface area contributed by atoms with Crippen LogP contribution < -0.4 is 27.8 Å². The molecule has 2 amide bonds. The van der Waals surface area contributed by atoms with Gasteiger partial charge in [0.25, 0.3) is 0 Å². The maximum Gasteiger partial charge on any atom is 0.327 e. The number of carbonyl (C=O) groups excluding carboxylic acids is 2. The second-order valence-corrected chi connectivity index (χ2v) is 5.66. The third kappa shape index (κ3) is 9.68. The number of nitrogens with one attached hydrogen (secondary N) is 2. The number of aliphatic carboxylic acids is 2. The van der Waals surface area contributed by atoms with Crippen LogP contribution in [0, 0.1) is 0 Å². The smallest absolute Gasteiger partial charge is 0.327 e. The summed E-state index contributed by atoms with van der Waals surface area (Å²) >= 11 is 3.78. The number of carboxylic acids is 2. The second kappa shape index (κ2) is 11.9. The van der Waals surface area contributed by atoms with Gasteiger partial charge in [0.15, 0.2) is 5.96 Å². The summed E-state index contributed by atoms with van der Waals surface area (Å²) in [6, 6.07) is -3.83. The van der Waals surface area contributed by atoms with Crippen LogP contribution in [-0.2, 0) is 19.2 Å². The molecule has 0 aromatic carbocycles. The van der Waals surface area contributed by atoms with Crippen LogP contribution >= 0.6 is 12.6 Å². The van der Waals surface area contributed by atoms with Gasteiger partial charge in [-0.15, -0.1) is 0 Å². The third-order valence-electron chi connectivity index (χ3n) is 3.11. The molecule has 0 radical (unpaired) electrons. The van der Waals surface area contributed by atoms with Gasteiger partial charge in [0.05, 0.1) is 12.5 Å². The number of carboxylic acid groups (broad SMARTS) is 2. The lowest BCUT2D eigenvalue weighted by Gasteiger charge is -2.21. The number of thiol groups is 1. The Labute approximate surface area is 155 Å². The third-order valence-corrected chi connectivity index (χ3v) is 3.48. The first-order chi connectivity index (χ1) is 12.1. The molecule has 0 aromatic heterocycles. The van der Waals surface area contributed by atoms with Crippen molar-refractivity contribution in [2.75, 3.05) is 12.3 Å². The molecule has 0 saturated carbocycles. The molecule has 0 saturated heterocycles. The minimum Gasteiger partial charge on any atom is -0.481 e. The Bertz CT molecular complexity index is 553. The molecule has 0 spiro atoms. The molecule has 10 N–H and O–H groups in total. The second-order valence-electron chi connectivity index (χ2n) is 5.30. The summed E-state index contributed by atoms with van der Waals surface area (Å²) < 4.78 is 0. The molecule has 0 aromatic rings. The van der Waals surface area contributed by atoms with Crippen molar-refractivity contribution >= 4 is 42.3 Å². The van der Waals surface area contributed by atoms with E-state index in [0.717, 1.165) is 0 Å². The highest BCUT2D eigenvalue weighted by Crippen LogP contribution is 2.00. The Kier molecular flexibility index (Phi) is 10.8. The van der Waals surface area contributed by atoms with Gasteiger partial charge in [0.2, 0.25) is 11.8 Å². The van der Waals surface area contributed by atoms with Crippen LogP contribution in [0.15, 0.2) is 4.99 Å². The maximum atomic E-state index is 12.1. The lowest BCUT2D eigenvalue weighted by atomic mass is 10.1. The molecular weight excluding hydrogens is 368 g/mol. The van der Waals surface area contributed by atoms with Gasteiger partial charge in [-0.25, -0.2) is 4.79 Å². The van der Waals surface area contributed by atoms with Gasteiger partial charge in [-0.1, -0.05) is 0 Å². The average Bonchev–Trinajstić information content (AvgIpc) is 2.54. The molecule has 0 fully saturated rings. The van der Waals surface area contributed by atoms with E-state index in [9.17, 15) is 19.2 Å². The van der Waals surface area contributed by atoms with E-state index in [1.54, 1.807) is 0 Å². The van der Waals surface area contributed by atoms with Crippen molar-refractivity contribution in [3.8, 4) is 0 Å². The van der Waals surface area contributed by atoms with Crippen molar-refractivity contribution in [3.05, 3.63) is 0 Å². The number of hydrogen-bond donors (Lipinski definition) is 8. The molecular formula is C13H24N6O6S. The Morgan fingerprint density at radius 1 is 1.04 bits per heavy atom. The van der Waals surface area contributed by atoms with Gasteiger partial charge in [-0.2, -0.15) is 12.6 Å². The standard InChI is InChI=1S/C13H24N6O6S/c14-6(2-1-3-17-13(15)16)10(22)18-7(4-9(20)21)11(23)19-8(5-26)12(24)25/h6-8,26H,1-5,14H2,(H,18,22)(H,19,23)(H,20,21)(H,24,25)(H4,15,16,17). The molecule has 0 bridgehead atoms. The number of amides is 2. The minimum atomic E-state index is -1.48. The first-order valence-corrected chi connectivity index (χ1v) is 8.18. The van der Waals surface area contributed by atoms with E-state index >= 15 is 0 Å².